The van der Waals surface area contributed by atoms with Crippen LogP contribution in [0.1, 0.15) is 25.0 Å². The maximum absolute atomic E-state index is 12.3. The molecule has 1 aliphatic heterocycles. The number of hydrogen-bond donors (Lipinski definition) is 1. The molecule has 2 aromatic heterocycles. The van der Waals surface area contributed by atoms with Crippen LogP contribution in [0.2, 0.25) is 0 Å². The molecule has 3 rings (SSSR count). The number of anilines is 1. The topological polar surface area (TPSA) is 78.7 Å². The van der Waals surface area contributed by atoms with Crippen LogP contribution in [0.3, 0.4) is 0 Å². The Kier molecular flexibility index (Phi) is 6.24. The van der Waals surface area contributed by atoms with Crippen molar-refractivity contribution in [1.29, 1.82) is 0 Å². The number of pyridine rings is 1. The zero-order chi connectivity index (χ0) is 18.2. The summed E-state index contributed by atoms with van der Waals surface area (Å²) in [6, 6.07) is 9.45. The number of furan rings is 1. The van der Waals surface area contributed by atoms with E-state index < -0.39 is 0 Å². The van der Waals surface area contributed by atoms with E-state index in [4.69, 9.17) is 4.42 Å². The first kappa shape index (κ1) is 18.0. The van der Waals surface area contributed by atoms with Gasteiger partial charge in [0.15, 0.2) is 0 Å². The second-order valence-electron chi connectivity index (χ2n) is 6.27. The largest absolute Gasteiger partial charge is 0.467 e. The molecule has 0 spiro atoms. The van der Waals surface area contributed by atoms with Crippen LogP contribution >= 0.6 is 0 Å². The fourth-order valence-electron chi connectivity index (χ4n) is 2.97. The molecule has 26 heavy (non-hydrogen) atoms. The van der Waals surface area contributed by atoms with Gasteiger partial charge < -0.3 is 19.5 Å². The Bertz CT molecular complexity index is 695. The molecule has 3 heterocycles. The van der Waals surface area contributed by atoms with Crippen LogP contribution in [-0.4, -0.2) is 47.9 Å². The molecule has 0 saturated carbocycles. The summed E-state index contributed by atoms with van der Waals surface area (Å²) in [5, 5.41) is 2.79. The highest BCUT2D eigenvalue weighted by Crippen LogP contribution is 2.13. The summed E-state index contributed by atoms with van der Waals surface area (Å²) in [5.41, 5.74) is 0. The minimum absolute atomic E-state index is 0.0610. The number of amides is 2. The average Bonchev–Trinajstić information content (AvgIpc) is 3.21. The van der Waals surface area contributed by atoms with Crippen molar-refractivity contribution in [3.8, 4) is 0 Å². The zero-order valence-corrected chi connectivity index (χ0v) is 14.8. The van der Waals surface area contributed by atoms with Gasteiger partial charge in [-0.3, -0.25) is 9.59 Å². The van der Waals surface area contributed by atoms with Gasteiger partial charge >= 0.3 is 0 Å². The van der Waals surface area contributed by atoms with Gasteiger partial charge in [0, 0.05) is 45.2 Å². The Labute approximate surface area is 153 Å². The van der Waals surface area contributed by atoms with Crippen LogP contribution in [0.15, 0.2) is 47.2 Å². The fraction of sp³-hybridized carbons (Fsp3) is 0.421. The first-order valence-electron chi connectivity index (χ1n) is 8.95. The molecule has 7 heteroatoms. The molecule has 2 amide bonds. The molecular weight excluding hydrogens is 332 g/mol. The minimum Gasteiger partial charge on any atom is -0.467 e. The Balaban J connectivity index is 1.32. The van der Waals surface area contributed by atoms with E-state index in [0.29, 0.717) is 38.9 Å². The Hall–Kier alpha value is -2.83. The van der Waals surface area contributed by atoms with Gasteiger partial charge in [0.1, 0.15) is 11.6 Å². The first-order valence-corrected chi connectivity index (χ1v) is 8.95. The first-order chi connectivity index (χ1) is 12.7. The van der Waals surface area contributed by atoms with Crippen LogP contribution < -0.4 is 10.2 Å². The Morgan fingerprint density at radius 1 is 1.08 bits per heavy atom. The van der Waals surface area contributed by atoms with Gasteiger partial charge in [-0.2, -0.15) is 0 Å². The highest BCUT2D eigenvalue weighted by molar-refractivity contribution is 5.79. The summed E-state index contributed by atoms with van der Waals surface area (Å²) in [6.45, 7) is 3.34. The summed E-state index contributed by atoms with van der Waals surface area (Å²) < 4.78 is 5.16. The summed E-state index contributed by atoms with van der Waals surface area (Å²) in [7, 11) is 0. The molecule has 1 N–H and O–H groups in total. The SMILES string of the molecule is O=C(CCCC(=O)N1CCN(c2ccccn2)CC1)NCc1ccco1. The zero-order valence-electron chi connectivity index (χ0n) is 14.8. The fourth-order valence-corrected chi connectivity index (χ4v) is 2.97. The quantitative estimate of drug-likeness (QED) is 0.819. The molecule has 0 bridgehead atoms. The van der Waals surface area contributed by atoms with Crippen LogP contribution in [0.5, 0.6) is 0 Å². The van der Waals surface area contributed by atoms with E-state index in [1.54, 1.807) is 18.5 Å². The summed E-state index contributed by atoms with van der Waals surface area (Å²) in [4.78, 5) is 32.5. The maximum atomic E-state index is 12.3. The van der Waals surface area contributed by atoms with Gasteiger partial charge in [0.25, 0.3) is 0 Å². The lowest BCUT2D eigenvalue weighted by molar-refractivity contribution is -0.131. The standard InChI is InChI=1S/C19H24N4O3/c24-18(21-15-16-5-4-14-26-16)7-3-8-19(25)23-12-10-22(11-13-23)17-6-1-2-9-20-17/h1-2,4-6,9,14H,3,7-8,10-13,15H2,(H,21,24). The van der Waals surface area contributed by atoms with E-state index in [9.17, 15) is 9.59 Å². The van der Waals surface area contributed by atoms with E-state index in [1.807, 2.05) is 29.2 Å². The van der Waals surface area contributed by atoms with Crippen molar-refractivity contribution in [2.45, 2.75) is 25.8 Å². The molecule has 1 aliphatic rings. The van der Waals surface area contributed by atoms with Gasteiger partial charge in [0.2, 0.25) is 11.8 Å². The molecule has 0 unspecified atom stereocenters. The van der Waals surface area contributed by atoms with Gasteiger partial charge in [-0.25, -0.2) is 4.98 Å². The molecule has 138 valence electrons. The van der Waals surface area contributed by atoms with Crippen molar-refractivity contribution < 1.29 is 14.0 Å². The van der Waals surface area contributed by atoms with Gasteiger partial charge in [0.05, 0.1) is 12.8 Å². The molecule has 0 aliphatic carbocycles. The van der Waals surface area contributed by atoms with Crippen molar-refractivity contribution in [2.24, 2.45) is 0 Å². The van der Waals surface area contributed by atoms with Gasteiger partial charge in [-0.15, -0.1) is 0 Å². The molecule has 1 saturated heterocycles. The van der Waals surface area contributed by atoms with Crippen LogP contribution in [0.4, 0.5) is 5.82 Å². The van der Waals surface area contributed by atoms with E-state index in [1.165, 1.54) is 0 Å². The number of carbonyl (C=O) groups excluding carboxylic acids is 2. The monoisotopic (exact) mass is 356 g/mol. The lowest BCUT2D eigenvalue weighted by Crippen LogP contribution is -2.49. The van der Waals surface area contributed by atoms with Crippen molar-refractivity contribution in [2.75, 3.05) is 31.1 Å². The number of hydrogen-bond acceptors (Lipinski definition) is 5. The second-order valence-corrected chi connectivity index (χ2v) is 6.27. The van der Waals surface area contributed by atoms with E-state index >= 15 is 0 Å². The maximum Gasteiger partial charge on any atom is 0.222 e. The highest BCUT2D eigenvalue weighted by atomic mass is 16.3. The third-order valence-corrected chi connectivity index (χ3v) is 4.44. The average molecular weight is 356 g/mol. The van der Waals surface area contributed by atoms with E-state index in [0.717, 1.165) is 24.7 Å². The van der Waals surface area contributed by atoms with Crippen molar-refractivity contribution in [3.63, 3.8) is 0 Å². The Morgan fingerprint density at radius 3 is 2.62 bits per heavy atom. The molecule has 2 aromatic rings. The van der Waals surface area contributed by atoms with Crippen LogP contribution in [-0.2, 0) is 16.1 Å². The summed E-state index contributed by atoms with van der Waals surface area (Å²) in [6.07, 6.45) is 4.67. The number of nitrogens with zero attached hydrogens (tertiary/aromatic N) is 3. The molecule has 1 fully saturated rings. The van der Waals surface area contributed by atoms with Gasteiger partial charge in [-0.05, 0) is 30.7 Å². The lowest BCUT2D eigenvalue weighted by atomic mass is 10.2. The van der Waals surface area contributed by atoms with E-state index in [-0.39, 0.29) is 11.8 Å². The van der Waals surface area contributed by atoms with Crippen molar-refractivity contribution >= 4 is 17.6 Å². The predicted molar refractivity (Wildman–Crippen MR) is 97.4 cm³/mol. The smallest absolute Gasteiger partial charge is 0.222 e. The highest BCUT2D eigenvalue weighted by Gasteiger charge is 2.21. The van der Waals surface area contributed by atoms with Gasteiger partial charge in [-0.1, -0.05) is 6.07 Å². The third kappa shape index (κ3) is 5.08. The number of piperazine rings is 1. The number of carbonyl (C=O) groups is 2. The number of rotatable bonds is 7. The van der Waals surface area contributed by atoms with Crippen molar-refractivity contribution in [3.05, 3.63) is 48.6 Å². The molecular formula is C19H24N4O3. The normalized spacial score (nSPS) is 14.3. The Morgan fingerprint density at radius 2 is 1.92 bits per heavy atom. The van der Waals surface area contributed by atoms with E-state index in [2.05, 4.69) is 15.2 Å². The minimum atomic E-state index is -0.0610. The summed E-state index contributed by atoms with van der Waals surface area (Å²) >= 11 is 0. The van der Waals surface area contributed by atoms with Crippen molar-refractivity contribution in [1.82, 2.24) is 15.2 Å². The summed E-state index contributed by atoms with van der Waals surface area (Å²) in [5.74, 6) is 1.73. The molecule has 0 radical (unpaired) electrons. The van der Waals surface area contributed by atoms with Crippen LogP contribution in [0, 0.1) is 0 Å². The number of nitrogens with one attached hydrogen (secondary N) is 1. The molecule has 0 atom stereocenters. The second kappa shape index (κ2) is 9.03. The molecule has 0 aromatic carbocycles. The van der Waals surface area contributed by atoms with Crippen LogP contribution in [0.25, 0.3) is 0 Å². The third-order valence-electron chi connectivity index (χ3n) is 4.44. The predicted octanol–water partition coefficient (Wildman–Crippen LogP) is 1.81. The lowest BCUT2D eigenvalue weighted by Gasteiger charge is -2.35. The number of aromatic nitrogens is 1. The molecule has 7 nitrogen and oxygen atoms in total.